The summed E-state index contributed by atoms with van der Waals surface area (Å²) < 4.78 is 22.6. The predicted octanol–water partition coefficient (Wildman–Crippen LogP) is 0.800. The summed E-state index contributed by atoms with van der Waals surface area (Å²) in [5.74, 6) is -1.27. The molecule has 0 aliphatic rings. The van der Waals surface area contributed by atoms with Gasteiger partial charge >= 0.3 is 5.97 Å². The molecule has 15 heavy (non-hydrogen) atoms. The highest BCUT2D eigenvalue weighted by Crippen LogP contribution is 2.19. The Labute approximate surface area is 87.7 Å². The molecule has 0 atom stereocenters. The van der Waals surface area contributed by atoms with Crippen molar-refractivity contribution in [3.8, 4) is 0 Å². The van der Waals surface area contributed by atoms with Crippen LogP contribution in [0.25, 0.3) is 0 Å². The lowest BCUT2D eigenvalue weighted by molar-refractivity contribution is 0.0690. The highest BCUT2D eigenvalue weighted by atomic mass is 32.2. The number of hydrogen-bond donors (Lipinski definition) is 1. The smallest absolute Gasteiger partial charge is 0.338 e. The monoisotopic (exact) mass is 229 g/mol. The van der Waals surface area contributed by atoms with Gasteiger partial charge in [-0.15, -0.1) is 0 Å². The first kappa shape index (κ1) is 11.6. The molecule has 0 saturated heterocycles. The normalized spacial score (nSPS) is 11.4. The van der Waals surface area contributed by atoms with Crippen LogP contribution in [-0.4, -0.2) is 30.7 Å². The molecule has 82 valence electrons. The van der Waals surface area contributed by atoms with Crippen LogP contribution in [0.15, 0.2) is 11.2 Å². The maximum atomic E-state index is 11.3. The summed E-state index contributed by atoms with van der Waals surface area (Å²) in [7, 11) is -3.61. The van der Waals surface area contributed by atoms with Gasteiger partial charge in [0.05, 0.1) is 5.56 Å². The molecule has 0 saturated carbocycles. The van der Waals surface area contributed by atoms with Gasteiger partial charge in [0, 0.05) is 12.5 Å². The number of hydrogen-bond acceptors (Lipinski definition) is 4. The van der Waals surface area contributed by atoms with E-state index in [-0.39, 0.29) is 10.6 Å². The van der Waals surface area contributed by atoms with Crippen molar-refractivity contribution < 1.29 is 18.3 Å². The molecule has 0 radical (unpaired) electrons. The van der Waals surface area contributed by atoms with E-state index in [4.69, 9.17) is 5.11 Å². The molecule has 0 bridgehead atoms. The molecule has 1 aromatic heterocycles. The zero-order chi connectivity index (χ0) is 11.8. The molecule has 0 spiro atoms. The fourth-order valence-corrected chi connectivity index (χ4v) is 2.06. The standard InChI is InChI=1S/C9H11NO4S/c1-5-4-10-8(15(3,13)14)7(6(5)2)9(11)12/h4H,1-3H3,(H,11,12). The van der Waals surface area contributed by atoms with Crippen LogP contribution in [0.4, 0.5) is 0 Å². The Morgan fingerprint density at radius 1 is 1.40 bits per heavy atom. The minimum atomic E-state index is -3.61. The van der Waals surface area contributed by atoms with Gasteiger partial charge < -0.3 is 5.11 Å². The van der Waals surface area contributed by atoms with Crippen molar-refractivity contribution in [2.24, 2.45) is 0 Å². The van der Waals surface area contributed by atoms with E-state index in [1.165, 1.54) is 6.20 Å². The quantitative estimate of drug-likeness (QED) is 0.810. The fraction of sp³-hybridized carbons (Fsp3) is 0.333. The van der Waals surface area contributed by atoms with E-state index in [0.717, 1.165) is 6.26 Å². The Morgan fingerprint density at radius 2 is 1.93 bits per heavy atom. The minimum absolute atomic E-state index is 0.238. The lowest BCUT2D eigenvalue weighted by Gasteiger charge is -2.08. The maximum absolute atomic E-state index is 11.3. The van der Waals surface area contributed by atoms with Crippen LogP contribution in [0.5, 0.6) is 0 Å². The second kappa shape index (κ2) is 3.62. The lowest BCUT2D eigenvalue weighted by atomic mass is 10.1. The van der Waals surface area contributed by atoms with Gasteiger partial charge in [0.25, 0.3) is 0 Å². The molecule has 0 aromatic carbocycles. The van der Waals surface area contributed by atoms with Crippen molar-refractivity contribution in [3.05, 3.63) is 22.9 Å². The number of nitrogens with zero attached hydrogens (tertiary/aromatic N) is 1. The third-order valence-electron chi connectivity index (χ3n) is 2.12. The summed E-state index contributed by atoms with van der Waals surface area (Å²) in [5.41, 5.74) is 0.843. The van der Waals surface area contributed by atoms with Crippen LogP contribution in [-0.2, 0) is 9.84 Å². The van der Waals surface area contributed by atoms with Crippen molar-refractivity contribution in [2.75, 3.05) is 6.26 Å². The summed E-state index contributed by atoms with van der Waals surface area (Å²) in [6.07, 6.45) is 2.30. The Kier molecular flexibility index (Phi) is 2.81. The number of carboxylic acid groups (broad SMARTS) is 1. The number of aromatic nitrogens is 1. The molecule has 5 nitrogen and oxygen atoms in total. The molecular formula is C9H11NO4S. The van der Waals surface area contributed by atoms with Gasteiger partial charge in [-0.25, -0.2) is 18.2 Å². The Hall–Kier alpha value is -1.43. The molecule has 0 aliphatic heterocycles. The van der Waals surface area contributed by atoms with E-state index in [0.29, 0.717) is 11.1 Å². The van der Waals surface area contributed by atoms with E-state index >= 15 is 0 Å². The third kappa shape index (κ3) is 2.15. The first-order valence-electron chi connectivity index (χ1n) is 4.14. The van der Waals surface area contributed by atoms with Crippen molar-refractivity contribution in [3.63, 3.8) is 0 Å². The molecule has 0 fully saturated rings. The molecule has 1 aromatic rings. The van der Waals surface area contributed by atoms with Crippen LogP contribution in [0.1, 0.15) is 21.5 Å². The topological polar surface area (TPSA) is 84.3 Å². The van der Waals surface area contributed by atoms with Crippen LogP contribution >= 0.6 is 0 Å². The average Bonchev–Trinajstić information content (AvgIpc) is 2.06. The second-order valence-corrected chi connectivity index (χ2v) is 5.25. The fourth-order valence-electron chi connectivity index (χ4n) is 1.21. The maximum Gasteiger partial charge on any atom is 0.338 e. The summed E-state index contributed by atoms with van der Waals surface area (Å²) in [4.78, 5) is 14.6. The molecule has 1 rings (SSSR count). The van der Waals surface area contributed by atoms with Crippen LogP contribution in [0.3, 0.4) is 0 Å². The molecule has 6 heteroatoms. The van der Waals surface area contributed by atoms with E-state index in [9.17, 15) is 13.2 Å². The molecule has 1 N–H and O–H groups in total. The van der Waals surface area contributed by atoms with Gasteiger partial charge in [-0.2, -0.15) is 0 Å². The van der Waals surface area contributed by atoms with Crippen molar-refractivity contribution >= 4 is 15.8 Å². The van der Waals surface area contributed by atoms with E-state index < -0.39 is 15.8 Å². The van der Waals surface area contributed by atoms with Crippen LogP contribution in [0.2, 0.25) is 0 Å². The number of sulfone groups is 1. The van der Waals surface area contributed by atoms with Crippen molar-refractivity contribution in [1.82, 2.24) is 4.98 Å². The largest absolute Gasteiger partial charge is 0.478 e. The number of carboxylic acids is 1. The number of aryl methyl sites for hydroxylation is 1. The molecule has 1 heterocycles. The van der Waals surface area contributed by atoms with E-state index in [2.05, 4.69) is 4.98 Å². The van der Waals surface area contributed by atoms with Crippen molar-refractivity contribution in [2.45, 2.75) is 18.9 Å². The average molecular weight is 229 g/mol. The highest BCUT2D eigenvalue weighted by Gasteiger charge is 2.22. The van der Waals surface area contributed by atoms with Gasteiger partial charge in [0.15, 0.2) is 14.9 Å². The Morgan fingerprint density at radius 3 is 2.33 bits per heavy atom. The van der Waals surface area contributed by atoms with Gasteiger partial charge in [0.1, 0.15) is 0 Å². The number of aromatic carboxylic acids is 1. The summed E-state index contributed by atoms with van der Waals surface area (Å²) in [6, 6.07) is 0. The Balaban J connectivity index is 3.70. The summed E-state index contributed by atoms with van der Waals surface area (Å²) >= 11 is 0. The lowest BCUT2D eigenvalue weighted by Crippen LogP contribution is -2.12. The van der Waals surface area contributed by atoms with Crippen LogP contribution in [0, 0.1) is 13.8 Å². The van der Waals surface area contributed by atoms with E-state index in [1.54, 1.807) is 13.8 Å². The van der Waals surface area contributed by atoms with Crippen LogP contribution < -0.4 is 0 Å². The van der Waals surface area contributed by atoms with Gasteiger partial charge in [-0.1, -0.05) is 0 Å². The zero-order valence-electron chi connectivity index (χ0n) is 8.60. The molecule has 0 amide bonds. The highest BCUT2D eigenvalue weighted by molar-refractivity contribution is 7.90. The Bertz CT molecular complexity index is 519. The summed E-state index contributed by atoms with van der Waals surface area (Å²) in [5, 5.41) is 8.55. The zero-order valence-corrected chi connectivity index (χ0v) is 9.42. The minimum Gasteiger partial charge on any atom is -0.478 e. The first-order valence-corrected chi connectivity index (χ1v) is 6.04. The SMILES string of the molecule is Cc1cnc(S(C)(=O)=O)c(C(=O)O)c1C. The van der Waals surface area contributed by atoms with Gasteiger partial charge in [-0.05, 0) is 25.0 Å². The first-order chi connectivity index (χ1) is 6.75. The number of pyridine rings is 1. The van der Waals surface area contributed by atoms with E-state index in [1.807, 2.05) is 0 Å². The summed E-state index contributed by atoms with van der Waals surface area (Å²) in [6.45, 7) is 3.25. The number of rotatable bonds is 2. The van der Waals surface area contributed by atoms with Gasteiger partial charge in [0.2, 0.25) is 0 Å². The van der Waals surface area contributed by atoms with Gasteiger partial charge in [-0.3, -0.25) is 0 Å². The number of carbonyl (C=O) groups is 1. The second-order valence-electron chi connectivity index (χ2n) is 3.32. The predicted molar refractivity (Wildman–Crippen MR) is 53.8 cm³/mol. The van der Waals surface area contributed by atoms with Crippen molar-refractivity contribution in [1.29, 1.82) is 0 Å². The molecule has 0 unspecified atom stereocenters. The third-order valence-corrected chi connectivity index (χ3v) is 3.13. The molecular weight excluding hydrogens is 218 g/mol. The molecule has 0 aliphatic carbocycles.